The Hall–Kier alpha value is -1.48. The number of hydrogen-bond acceptors (Lipinski definition) is 3. The lowest BCUT2D eigenvalue weighted by Gasteiger charge is -2.25. The summed E-state index contributed by atoms with van der Waals surface area (Å²) in [5, 5.41) is 3.31. The van der Waals surface area contributed by atoms with Gasteiger partial charge in [0, 0.05) is 18.2 Å². The van der Waals surface area contributed by atoms with Gasteiger partial charge in [0.05, 0.1) is 14.2 Å². The summed E-state index contributed by atoms with van der Waals surface area (Å²) >= 11 is 0. The van der Waals surface area contributed by atoms with Gasteiger partial charge in [-0.25, -0.2) is 0 Å². The van der Waals surface area contributed by atoms with Gasteiger partial charge in [-0.1, -0.05) is 30.9 Å². The van der Waals surface area contributed by atoms with Crippen LogP contribution < -0.4 is 14.8 Å². The summed E-state index contributed by atoms with van der Waals surface area (Å²) in [4.78, 5) is 0. The predicted octanol–water partition coefficient (Wildman–Crippen LogP) is 3.89. The first kappa shape index (κ1) is 15.9. The summed E-state index contributed by atoms with van der Waals surface area (Å²) in [7, 11) is 5.41. The summed E-state index contributed by atoms with van der Waals surface area (Å²) in [6.45, 7) is 0.944. The van der Waals surface area contributed by atoms with E-state index in [1.807, 2.05) is 19.2 Å². The van der Waals surface area contributed by atoms with Crippen molar-refractivity contribution in [3.63, 3.8) is 0 Å². The maximum atomic E-state index is 5.51. The fourth-order valence-electron chi connectivity index (χ4n) is 3.13. The van der Waals surface area contributed by atoms with Crippen molar-refractivity contribution < 1.29 is 9.47 Å². The Balaban J connectivity index is 2.27. The zero-order valence-electron chi connectivity index (χ0n) is 13.4. The zero-order chi connectivity index (χ0) is 15.1. The molecule has 0 saturated heterocycles. The minimum atomic E-state index is 0.706. The summed E-state index contributed by atoms with van der Waals surface area (Å²) in [5.74, 6) is 2.41. The van der Waals surface area contributed by atoms with Crippen LogP contribution in [-0.4, -0.2) is 27.8 Å². The van der Waals surface area contributed by atoms with E-state index in [4.69, 9.17) is 9.47 Å². The quantitative estimate of drug-likeness (QED) is 0.862. The van der Waals surface area contributed by atoms with Crippen molar-refractivity contribution in [3.05, 3.63) is 29.3 Å². The van der Waals surface area contributed by atoms with Crippen molar-refractivity contribution >= 4 is 6.08 Å². The minimum absolute atomic E-state index is 0.706. The molecule has 3 nitrogen and oxygen atoms in total. The molecule has 1 saturated carbocycles. The van der Waals surface area contributed by atoms with Crippen LogP contribution in [0.3, 0.4) is 0 Å². The molecule has 1 aliphatic carbocycles. The van der Waals surface area contributed by atoms with Crippen LogP contribution in [0.15, 0.2) is 23.8 Å². The lowest BCUT2D eigenvalue weighted by Crippen LogP contribution is -2.19. The second-order valence-electron chi connectivity index (χ2n) is 5.69. The number of ether oxygens (including phenoxy) is 2. The molecule has 0 unspecified atom stereocenters. The van der Waals surface area contributed by atoms with E-state index < -0.39 is 0 Å². The molecule has 0 radical (unpaired) electrons. The molecule has 21 heavy (non-hydrogen) atoms. The second kappa shape index (κ2) is 8.08. The molecule has 2 rings (SSSR count). The van der Waals surface area contributed by atoms with Crippen molar-refractivity contribution in [3.8, 4) is 11.5 Å². The number of nitrogens with one attached hydrogen (secondary N) is 1. The average Bonchev–Trinajstić information content (AvgIpc) is 2.55. The molecule has 0 spiro atoms. The molecule has 0 aliphatic heterocycles. The Kier molecular flexibility index (Phi) is 6.12. The van der Waals surface area contributed by atoms with Gasteiger partial charge in [0.15, 0.2) is 0 Å². The van der Waals surface area contributed by atoms with E-state index in [-0.39, 0.29) is 0 Å². The van der Waals surface area contributed by atoms with Gasteiger partial charge in [-0.2, -0.15) is 0 Å². The monoisotopic (exact) mass is 289 g/mol. The first-order valence-electron chi connectivity index (χ1n) is 7.85. The van der Waals surface area contributed by atoms with Crippen LogP contribution in [0.25, 0.3) is 6.08 Å². The van der Waals surface area contributed by atoms with Crippen LogP contribution in [-0.2, 0) is 0 Å². The van der Waals surface area contributed by atoms with Gasteiger partial charge >= 0.3 is 0 Å². The minimum Gasteiger partial charge on any atom is -0.497 e. The highest BCUT2D eigenvalue weighted by Crippen LogP contribution is 2.33. The van der Waals surface area contributed by atoms with Crippen LogP contribution in [0, 0.1) is 5.92 Å². The Morgan fingerprint density at radius 3 is 2.57 bits per heavy atom. The Morgan fingerprint density at radius 2 is 1.95 bits per heavy atom. The topological polar surface area (TPSA) is 30.5 Å². The molecule has 0 aromatic heterocycles. The molecule has 1 fully saturated rings. The number of rotatable bonds is 6. The van der Waals surface area contributed by atoms with Gasteiger partial charge in [-0.3, -0.25) is 0 Å². The smallest absolute Gasteiger partial charge is 0.129 e. The SMILES string of the molecule is CNC/C(=C/c1ccc(OC)cc1OC)C1CCCCC1. The van der Waals surface area contributed by atoms with E-state index in [9.17, 15) is 0 Å². The molecular formula is C18H27NO2. The summed E-state index contributed by atoms with van der Waals surface area (Å²) in [5.41, 5.74) is 2.62. The van der Waals surface area contributed by atoms with Gasteiger partial charge in [-0.15, -0.1) is 0 Å². The van der Waals surface area contributed by atoms with Gasteiger partial charge < -0.3 is 14.8 Å². The molecular weight excluding hydrogens is 262 g/mol. The highest BCUT2D eigenvalue weighted by atomic mass is 16.5. The molecule has 1 aromatic rings. The van der Waals surface area contributed by atoms with E-state index in [0.717, 1.165) is 23.6 Å². The van der Waals surface area contributed by atoms with Crippen LogP contribution in [0.5, 0.6) is 11.5 Å². The number of methoxy groups -OCH3 is 2. The highest BCUT2D eigenvalue weighted by molar-refractivity contribution is 5.62. The van der Waals surface area contributed by atoms with Crippen LogP contribution >= 0.6 is 0 Å². The van der Waals surface area contributed by atoms with Gasteiger partial charge in [0.2, 0.25) is 0 Å². The molecule has 0 bridgehead atoms. The normalized spacial score (nSPS) is 16.8. The van der Waals surface area contributed by atoms with Crippen molar-refractivity contribution in [2.45, 2.75) is 32.1 Å². The average molecular weight is 289 g/mol. The fraction of sp³-hybridized carbons (Fsp3) is 0.556. The third kappa shape index (κ3) is 4.24. The van der Waals surface area contributed by atoms with Gasteiger partial charge in [-0.05, 0) is 37.9 Å². The summed E-state index contributed by atoms with van der Waals surface area (Å²) in [6.07, 6.45) is 9.01. The van der Waals surface area contributed by atoms with Crippen molar-refractivity contribution in [1.82, 2.24) is 5.32 Å². The number of benzene rings is 1. The van der Waals surface area contributed by atoms with Crippen LogP contribution in [0.1, 0.15) is 37.7 Å². The van der Waals surface area contributed by atoms with Crippen molar-refractivity contribution in [1.29, 1.82) is 0 Å². The van der Waals surface area contributed by atoms with Gasteiger partial charge in [0.1, 0.15) is 11.5 Å². The third-order valence-corrected chi connectivity index (χ3v) is 4.29. The maximum Gasteiger partial charge on any atom is 0.129 e. The molecule has 1 aromatic carbocycles. The number of likely N-dealkylation sites (N-methyl/N-ethyl adjacent to an activating group) is 1. The summed E-state index contributed by atoms with van der Waals surface area (Å²) < 4.78 is 10.8. The third-order valence-electron chi connectivity index (χ3n) is 4.29. The van der Waals surface area contributed by atoms with E-state index in [1.165, 1.54) is 37.7 Å². The van der Waals surface area contributed by atoms with E-state index in [1.54, 1.807) is 14.2 Å². The Bertz CT molecular complexity index is 476. The Morgan fingerprint density at radius 1 is 1.19 bits per heavy atom. The number of hydrogen-bond donors (Lipinski definition) is 1. The highest BCUT2D eigenvalue weighted by Gasteiger charge is 2.18. The predicted molar refractivity (Wildman–Crippen MR) is 88.0 cm³/mol. The Labute approximate surface area is 128 Å². The molecule has 3 heteroatoms. The first-order chi connectivity index (χ1) is 10.3. The molecule has 0 heterocycles. The molecule has 0 atom stereocenters. The zero-order valence-corrected chi connectivity index (χ0v) is 13.4. The molecule has 1 aliphatic rings. The van der Waals surface area contributed by atoms with Crippen molar-refractivity contribution in [2.75, 3.05) is 27.8 Å². The van der Waals surface area contributed by atoms with E-state index in [0.29, 0.717) is 5.92 Å². The lowest BCUT2D eigenvalue weighted by molar-refractivity contribution is 0.392. The standard InChI is InChI=1S/C18H27NO2/c1-19-13-16(14-7-5-4-6-8-14)11-15-9-10-17(20-2)12-18(15)21-3/h9-12,14,19H,4-8,13H2,1-3H3/b16-11-. The molecule has 116 valence electrons. The largest absolute Gasteiger partial charge is 0.497 e. The first-order valence-corrected chi connectivity index (χ1v) is 7.85. The summed E-state index contributed by atoms with van der Waals surface area (Å²) in [6, 6.07) is 6.02. The molecule has 1 N–H and O–H groups in total. The van der Waals surface area contributed by atoms with Crippen molar-refractivity contribution in [2.24, 2.45) is 5.92 Å². The van der Waals surface area contributed by atoms with E-state index >= 15 is 0 Å². The fourth-order valence-corrected chi connectivity index (χ4v) is 3.13. The van der Waals surface area contributed by atoms with Crippen LogP contribution in [0.4, 0.5) is 0 Å². The molecule has 0 amide bonds. The second-order valence-corrected chi connectivity index (χ2v) is 5.69. The van der Waals surface area contributed by atoms with Crippen LogP contribution in [0.2, 0.25) is 0 Å². The van der Waals surface area contributed by atoms with E-state index in [2.05, 4.69) is 17.5 Å². The lowest BCUT2D eigenvalue weighted by atomic mass is 9.83. The van der Waals surface area contributed by atoms with Gasteiger partial charge in [0.25, 0.3) is 0 Å². The maximum absolute atomic E-state index is 5.51.